The van der Waals surface area contributed by atoms with Crippen LogP contribution in [0.5, 0.6) is 0 Å². The number of halogens is 1. The summed E-state index contributed by atoms with van der Waals surface area (Å²) >= 11 is 6.05. The van der Waals surface area contributed by atoms with E-state index in [1.54, 1.807) is 12.4 Å². The van der Waals surface area contributed by atoms with Crippen molar-refractivity contribution in [1.82, 2.24) is 9.78 Å². The number of aromatic carboxylic acids is 1. The van der Waals surface area contributed by atoms with Crippen molar-refractivity contribution in [3.8, 4) is 0 Å². The zero-order valence-electron chi connectivity index (χ0n) is 12.3. The van der Waals surface area contributed by atoms with Gasteiger partial charge in [0, 0.05) is 23.6 Å². The second-order valence-electron chi connectivity index (χ2n) is 4.68. The molecular formula is C13H12ClN2NaO4S. The Morgan fingerprint density at radius 3 is 2.50 bits per heavy atom. The van der Waals surface area contributed by atoms with Gasteiger partial charge in [-0.3, -0.25) is 4.68 Å². The van der Waals surface area contributed by atoms with Crippen LogP contribution in [0.25, 0.3) is 0 Å². The molecule has 1 heterocycles. The number of rotatable bonds is 4. The molecule has 0 spiro atoms. The Hall–Kier alpha value is -0.860. The molecule has 0 bridgehead atoms. The maximum atomic E-state index is 11.8. The van der Waals surface area contributed by atoms with Crippen molar-refractivity contribution in [1.29, 1.82) is 0 Å². The van der Waals surface area contributed by atoms with Crippen LogP contribution in [-0.2, 0) is 16.4 Å². The number of carboxylic acids is 1. The molecule has 0 aliphatic rings. The second kappa shape index (κ2) is 7.14. The summed E-state index contributed by atoms with van der Waals surface area (Å²) in [5.74, 6) is -1.46. The van der Waals surface area contributed by atoms with Crippen molar-refractivity contribution in [2.45, 2.75) is 18.4 Å². The van der Waals surface area contributed by atoms with Crippen LogP contribution < -0.4 is 34.7 Å². The van der Waals surface area contributed by atoms with Crippen molar-refractivity contribution in [3.63, 3.8) is 0 Å². The minimum Gasteiger partial charge on any atom is -0.545 e. The van der Waals surface area contributed by atoms with Crippen molar-refractivity contribution in [2.75, 3.05) is 6.26 Å². The fourth-order valence-electron chi connectivity index (χ4n) is 1.97. The van der Waals surface area contributed by atoms with E-state index >= 15 is 0 Å². The van der Waals surface area contributed by atoms with Crippen molar-refractivity contribution < 1.29 is 47.9 Å². The molecular weight excluding hydrogens is 339 g/mol. The Morgan fingerprint density at radius 2 is 2.05 bits per heavy atom. The summed E-state index contributed by atoms with van der Waals surface area (Å²) in [6, 6.07) is 2.35. The molecule has 0 unspecified atom stereocenters. The zero-order valence-corrected chi connectivity index (χ0v) is 15.9. The molecule has 0 saturated carbocycles. The van der Waals surface area contributed by atoms with Gasteiger partial charge in [-0.15, -0.1) is 0 Å². The number of hydrogen-bond donors (Lipinski definition) is 0. The maximum Gasteiger partial charge on any atom is 1.00 e. The first kappa shape index (κ1) is 19.2. The normalized spacial score (nSPS) is 11.0. The van der Waals surface area contributed by atoms with Gasteiger partial charge in [0.05, 0.1) is 28.6 Å². The second-order valence-corrected chi connectivity index (χ2v) is 7.04. The number of benzene rings is 1. The Balaban J connectivity index is 0.00000242. The van der Waals surface area contributed by atoms with Crippen LogP contribution in [0.4, 0.5) is 0 Å². The monoisotopic (exact) mass is 350 g/mol. The van der Waals surface area contributed by atoms with Crippen LogP contribution in [0.3, 0.4) is 0 Å². The number of sulfone groups is 1. The number of carbonyl (C=O) groups is 1. The summed E-state index contributed by atoms with van der Waals surface area (Å²) in [5, 5.41) is 14.9. The molecule has 22 heavy (non-hydrogen) atoms. The molecule has 2 rings (SSSR count). The van der Waals surface area contributed by atoms with Crippen LogP contribution in [0.2, 0.25) is 5.02 Å². The minimum atomic E-state index is -3.55. The van der Waals surface area contributed by atoms with Crippen molar-refractivity contribution in [3.05, 3.63) is 46.2 Å². The first-order valence-corrected chi connectivity index (χ1v) is 8.19. The molecule has 0 aliphatic carbocycles. The summed E-state index contributed by atoms with van der Waals surface area (Å²) < 4.78 is 25.2. The van der Waals surface area contributed by atoms with Gasteiger partial charge in [-0.05, 0) is 18.6 Å². The predicted molar refractivity (Wildman–Crippen MR) is 75.0 cm³/mol. The average Bonchev–Trinajstić information content (AvgIpc) is 2.75. The van der Waals surface area contributed by atoms with Gasteiger partial charge in [-0.25, -0.2) is 8.42 Å². The third-order valence-corrected chi connectivity index (χ3v) is 4.52. The van der Waals surface area contributed by atoms with Crippen LogP contribution in [0, 0.1) is 6.92 Å². The molecule has 112 valence electrons. The zero-order chi connectivity index (χ0) is 15.8. The van der Waals surface area contributed by atoms with Gasteiger partial charge in [0.2, 0.25) is 0 Å². The van der Waals surface area contributed by atoms with E-state index in [2.05, 4.69) is 5.10 Å². The number of aryl methyl sites for hydroxylation is 1. The summed E-state index contributed by atoms with van der Waals surface area (Å²) in [7, 11) is -3.55. The smallest absolute Gasteiger partial charge is 0.545 e. The van der Waals surface area contributed by atoms with Crippen molar-refractivity contribution in [2.24, 2.45) is 0 Å². The van der Waals surface area contributed by atoms with Gasteiger partial charge in [0.15, 0.2) is 9.84 Å². The first-order chi connectivity index (χ1) is 9.70. The number of aromatic nitrogens is 2. The van der Waals surface area contributed by atoms with E-state index in [9.17, 15) is 18.3 Å². The molecule has 1 aromatic carbocycles. The summed E-state index contributed by atoms with van der Waals surface area (Å²) in [6.07, 6.45) is 4.35. The number of carboxylic acid groups (broad SMARTS) is 1. The Kier molecular flexibility index (Phi) is 6.23. The molecule has 2 aromatic rings. The number of carbonyl (C=O) groups excluding carboxylic acids is 1. The summed E-state index contributed by atoms with van der Waals surface area (Å²) in [4.78, 5) is 11.0. The van der Waals surface area contributed by atoms with Crippen LogP contribution in [0.15, 0.2) is 29.4 Å². The van der Waals surface area contributed by atoms with Crippen LogP contribution >= 0.6 is 11.6 Å². The maximum absolute atomic E-state index is 11.8. The SMILES string of the molecule is Cc1cnn(Cc2c(S(C)(=O)=O)ccc(C(=O)[O-])c2Cl)c1.[Na+]. The van der Waals surface area contributed by atoms with E-state index in [-0.39, 0.29) is 57.1 Å². The Bertz CT molecular complexity index is 817. The molecule has 0 N–H and O–H groups in total. The Morgan fingerprint density at radius 1 is 1.41 bits per heavy atom. The first-order valence-electron chi connectivity index (χ1n) is 5.92. The van der Waals surface area contributed by atoms with E-state index in [0.29, 0.717) is 0 Å². The molecule has 0 aliphatic heterocycles. The quantitative estimate of drug-likeness (QED) is 0.576. The molecule has 0 amide bonds. The van der Waals surface area contributed by atoms with E-state index < -0.39 is 15.8 Å². The van der Waals surface area contributed by atoms with Gasteiger partial charge in [0.1, 0.15) is 0 Å². The molecule has 0 atom stereocenters. The van der Waals surface area contributed by atoms with Gasteiger partial charge >= 0.3 is 29.6 Å². The number of nitrogens with zero attached hydrogens (tertiary/aromatic N) is 2. The van der Waals surface area contributed by atoms with Crippen molar-refractivity contribution >= 4 is 27.4 Å². The van der Waals surface area contributed by atoms with Gasteiger partial charge in [0.25, 0.3) is 0 Å². The molecule has 0 radical (unpaired) electrons. The predicted octanol–water partition coefficient (Wildman–Crippen LogP) is -2.34. The topological polar surface area (TPSA) is 92.1 Å². The summed E-state index contributed by atoms with van der Waals surface area (Å²) in [5.41, 5.74) is 0.829. The molecule has 1 aromatic heterocycles. The van der Waals surface area contributed by atoms with E-state index in [0.717, 1.165) is 17.9 Å². The summed E-state index contributed by atoms with van der Waals surface area (Å²) in [6.45, 7) is 1.89. The molecule has 9 heteroatoms. The van der Waals surface area contributed by atoms with E-state index in [1.807, 2.05) is 6.92 Å². The average molecular weight is 351 g/mol. The van der Waals surface area contributed by atoms with Gasteiger partial charge in [-0.2, -0.15) is 5.10 Å². The number of hydrogen-bond acceptors (Lipinski definition) is 5. The van der Waals surface area contributed by atoms with Gasteiger partial charge < -0.3 is 9.90 Å². The van der Waals surface area contributed by atoms with Crippen LogP contribution in [-0.4, -0.2) is 30.4 Å². The molecule has 0 saturated heterocycles. The largest absolute Gasteiger partial charge is 1.00 e. The van der Waals surface area contributed by atoms with E-state index in [1.165, 1.54) is 10.7 Å². The fourth-order valence-corrected chi connectivity index (χ4v) is 3.26. The molecule has 6 nitrogen and oxygen atoms in total. The van der Waals surface area contributed by atoms with Crippen LogP contribution in [0.1, 0.15) is 21.5 Å². The Labute approximate surface area is 155 Å². The minimum absolute atomic E-state index is 0. The third kappa shape index (κ3) is 4.11. The molecule has 0 fully saturated rings. The fraction of sp³-hybridized carbons (Fsp3) is 0.231. The standard InChI is InChI=1S/C13H13ClN2O4S.Na/c1-8-5-15-16(6-8)7-10-11(21(2,19)20)4-3-9(12(10)14)13(17)18;/h3-6H,7H2,1-2H3,(H,17,18);/q;+1/p-1. The third-order valence-electron chi connectivity index (χ3n) is 2.90. The van der Waals surface area contributed by atoms with Gasteiger partial charge in [-0.1, -0.05) is 17.7 Å². The van der Waals surface area contributed by atoms with E-state index in [4.69, 9.17) is 11.6 Å².